The lowest BCUT2D eigenvalue weighted by atomic mass is 10.8. The molecule has 1 amide bonds. The molecule has 0 aliphatic rings. The first-order valence-electron chi connectivity index (χ1n) is 2.01. The molecule has 0 saturated heterocycles. The summed E-state index contributed by atoms with van der Waals surface area (Å²) < 4.78 is 6.23. The molecule has 0 radical (unpaired) electrons. The van der Waals surface area contributed by atoms with Gasteiger partial charge in [-0.25, -0.2) is 0 Å². The Hall–Kier alpha value is -0.530. The van der Waals surface area contributed by atoms with Gasteiger partial charge in [0.15, 0.2) is 0 Å². The van der Waals surface area contributed by atoms with E-state index >= 15 is 0 Å². The van der Waals surface area contributed by atoms with Crippen LogP contribution in [0.5, 0.6) is 0 Å². The molecule has 30 valence electrons. The maximum absolute atomic E-state index is 9.60. The summed E-state index contributed by atoms with van der Waals surface area (Å²) >= 11 is 0. The van der Waals surface area contributed by atoms with Crippen LogP contribution >= 0.6 is 0 Å². The van der Waals surface area contributed by atoms with E-state index in [-0.39, 0.29) is 0 Å². The van der Waals surface area contributed by atoms with Crippen LogP contribution in [0.4, 0.5) is 0 Å². The Balaban J connectivity index is 2.83. The third-order valence-corrected chi connectivity index (χ3v) is 0.249. The van der Waals surface area contributed by atoms with Crippen molar-refractivity contribution in [3.63, 3.8) is 0 Å². The van der Waals surface area contributed by atoms with Gasteiger partial charge in [-0.2, -0.15) is 0 Å². The van der Waals surface area contributed by atoms with Crippen molar-refractivity contribution in [1.29, 1.82) is 0 Å². The topological polar surface area (TPSA) is 29.1 Å². The second-order valence-corrected chi connectivity index (χ2v) is 0.632. The van der Waals surface area contributed by atoms with Gasteiger partial charge in [0.2, 0.25) is 6.39 Å². The van der Waals surface area contributed by atoms with Crippen molar-refractivity contribution in [2.45, 2.75) is 6.92 Å². The van der Waals surface area contributed by atoms with Crippen molar-refractivity contribution in [1.82, 2.24) is 5.32 Å². The standard InChI is InChI=1S/C3H7NO/c1-2-4-3-5/h3H,2H2,1H3,(H,4,5)/i3T. The predicted octanol–water partition coefficient (Wildman–Crippen LogP) is -0.248. The minimum atomic E-state index is -0.711. The summed E-state index contributed by atoms with van der Waals surface area (Å²) in [5.74, 6) is 0. The Morgan fingerprint density at radius 2 is 3.00 bits per heavy atom. The van der Waals surface area contributed by atoms with E-state index in [1.807, 2.05) is 0 Å². The lowest BCUT2D eigenvalue weighted by molar-refractivity contribution is -0.109. The fraction of sp³-hybridized carbons (Fsp3) is 0.667. The highest BCUT2D eigenvalue weighted by Crippen LogP contribution is 1.37. The molecule has 0 fully saturated rings. The molecule has 2 heteroatoms. The van der Waals surface area contributed by atoms with Crippen LogP contribution < -0.4 is 5.32 Å². The first-order valence-corrected chi connectivity index (χ1v) is 1.51. The zero-order chi connectivity index (χ0) is 4.99. The number of hydrogen-bond donors (Lipinski definition) is 1. The largest absolute Gasteiger partial charge is 0.359 e. The quantitative estimate of drug-likeness (QED) is 0.428. The van der Waals surface area contributed by atoms with Gasteiger partial charge in [-0.3, -0.25) is 4.79 Å². The van der Waals surface area contributed by atoms with E-state index < -0.39 is 6.39 Å². The van der Waals surface area contributed by atoms with Crippen LogP contribution in [0.2, 0.25) is 0 Å². The van der Waals surface area contributed by atoms with Crippen LogP contribution in [0, 0.1) is 0 Å². The van der Waals surface area contributed by atoms with E-state index in [4.69, 9.17) is 1.37 Å². The summed E-state index contributed by atoms with van der Waals surface area (Å²) in [7, 11) is 0. The minimum Gasteiger partial charge on any atom is -0.359 e. The molecular weight excluding hydrogens is 66.0 g/mol. The fourth-order valence-electron chi connectivity index (χ4n) is 0.0722. The van der Waals surface area contributed by atoms with E-state index in [1.165, 1.54) is 0 Å². The van der Waals surface area contributed by atoms with Crippen LogP contribution in [0.3, 0.4) is 0 Å². The molecular formula is C3H7NO. The molecule has 0 atom stereocenters. The predicted molar refractivity (Wildman–Crippen MR) is 19.7 cm³/mol. The Labute approximate surface area is 32.6 Å². The molecule has 0 aromatic rings. The molecule has 0 aromatic carbocycles. The number of nitrogens with one attached hydrogen (secondary N) is 1. The van der Waals surface area contributed by atoms with Gasteiger partial charge in [0.25, 0.3) is 0 Å². The molecule has 5 heavy (non-hydrogen) atoms. The van der Waals surface area contributed by atoms with Gasteiger partial charge in [-0.1, -0.05) is 0 Å². The molecule has 0 aliphatic carbocycles. The van der Waals surface area contributed by atoms with Crippen LogP contribution in [-0.2, 0) is 4.79 Å². The van der Waals surface area contributed by atoms with E-state index in [0.717, 1.165) is 0 Å². The zero-order valence-corrected chi connectivity index (χ0v) is 3.12. The van der Waals surface area contributed by atoms with Gasteiger partial charge in [0, 0.05) is 6.54 Å². The fourth-order valence-corrected chi connectivity index (χ4v) is 0.0722. The third kappa shape index (κ3) is 3.47. The molecule has 0 bridgehead atoms. The highest BCUT2D eigenvalue weighted by molar-refractivity contribution is 5.45. The van der Waals surface area contributed by atoms with Gasteiger partial charge in [-0.15, -0.1) is 0 Å². The second kappa shape index (κ2) is 3.47. The SMILES string of the molecule is [3H]C(=O)NCC. The lowest BCUT2D eigenvalue weighted by Crippen LogP contribution is -2.07. The van der Waals surface area contributed by atoms with E-state index in [0.29, 0.717) is 6.54 Å². The number of amides is 1. The van der Waals surface area contributed by atoms with Crippen molar-refractivity contribution in [2.24, 2.45) is 0 Å². The number of rotatable bonds is 1. The molecule has 0 aliphatic heterocycles. The van der Waals surface area contributed by atoms with Gasteiger partial charge in [0.05, 0.1) is 0 Å². The highest BCUT2D eigenvalue weighted by Gasteiger charge is 1.59. The first kappa shape index (κ1) is 2.69. The monoisotopic (exact) mass is 75.1 g/mol. The smallest absolute Gasteiger partial charge is 0.207 e. The molecule has 0 rings (SSSR count). The molecule has 1 N–H and O–H groups in total. The number of hydrogen-bond acceptors (Lipinski definition) is 1. The van der Waals surface area contributed by atoms with Crippen LogP contribution in [0.15, 0.2) is 0 Å². The van der Waals surface area contributed by atoms with Gasteiger partial charge < -0.3 is 5.32 Å². The maximum Gasteiger partial charge on any atom is 0.207 e. The third-order valence-electron chi connectivity index (χ3n) is 0.249. The average molecular weight is 75.1 g/mol. The minimum absolute atomic E-state index is 0.544. The van der Waals surface area contributed by atoms with Gasteiger partial charge >= 0.3 is 0 Å². The summed E-state index contributed by atoms with van der Waals surface area (Å²) in [6, 6.07) is 0. The first-order chi connectivity index (χ1) is 2.77. The molecule has 0 unspecified atom stereocenters. The van der Waals surface area contributed by atoms with Gasteiger partial charge in [0.1, 0.15) is 1.37 Å². The normalized spacial score (nSPS) is 9.40. The van der Waals surface area contributed by atoms with Crippen LogP contribution in [0.25, 0.3) is 0 Å². The van der Waals surface area contributed by atoms with Crippen molar-refractivity contribution < 1.29 is 6.17 Å². The average Bonchev–Trinajstić information content (AvgIpc) is 1.35. The Bertz CT molecular complexity index is 54.8. The number of carbonyl (C=O) groups is 1. The highest BCUT2D eigenvalue weighted by atomic mass is 16.1. The van der Waals surface area contributed by atoms with Crippen molar-refractivity contribution >= 4 is 6.39 Å². The molecule has 2 nitrogen and oxygen atoms in total. The van der Waals surface area contributed by atoms with Crippen molar-refractivity contribution in [3.8, 4) is 0 Å². The zero-order valence-electron chi connectivity index (χ0n) is 4.12. The second-order valence-electron chi connectivity index (χ2n) is 0.632. The van der Waals surface area contributed by atoms with E-state index in [9.17, 15) is 4.79 Å². The van der Waals surface area contributed by atoms with E-state index in [1.54, 1.807) is 6.92 Å². The molecule has 0 spiro atoms. The summed E-state index contributed by atoms with van der Waals surface area (Å²) in [5.41, 5.74) is 0. The Kier molecular flexibility index (Phi) is 1.87. The van der Waals surface area contributed by atoms with Crippen LogP contribution in [-0.4, -0.2) is 12.9 Å². The Morgan fingerprint density at radius 1 is 2.40 bits per heavy atom. The summed E-state index contributed by atoms with van der Waals surface area (Å²) in [6.07, 6.45) is -0.711. The van der Waals surface area contributed by atoms with Crippen molar-refractivity contribution in [2.75, 3.05) is 6.54 Å². The van der Waals surface area contributed by atoms with Crippen LogP contribution in [0.1, 0.15) is 8.29 Å². The summed E-state index contributed by atoms with van der Waals surface area (Å²) in [5, 5.41) is 2.24. The summed E-state index contributed by atoms with van der Waals surface area (Å²) in [4.78, 5) is 9.60. The van der Waals surface area contributed by atoms with E-state index in [2.05, 4.69) is 5.32 Å². The lowest BCUT2D eigenvalue weighted by Gasteiger charge is -1.78. The van der Waals surface area contributed by atoms with Crippen molar-refractivity contribution in [3.05, 3.63) is 0 Å². The number of carbonyl (C=O) groups excluding carboxylic acids is 1. The molecule has 0 aromatic heterocycles. The molecule has 0 saturated carbocycles. The maximum atomic E-state index is 9.60. The Morgan fingerprint density at radius 3 is 3.00 bits per heavy atom. The molecule has 0 heterocycles. The summed E-state index contributed by atoms with van der Waals surface area (Å²) in [6.45, 7) is 2.31. The van der Waals surface area contributed by atoms with Gasteiger partial charge in [-0.05, 0) is 6.92 Å².